The summed E-state index contributed by atoms with van der Waals surface area (Å²) in [5, 5.41) is 0. The molecule has 0 radical (unpaired) electrons. The minimum Gasteiger partial charge on any atom is -0.408 e. The number of sulfonamides is 1. The first-order valence-electron chi connectivity index (χ1n) is 11.3. The molecule has 1 amide bonds. The Morgan fingerprint density at radius 3 is 2.69 bits per heavy atom. The van der Waals surface area contributed by atoms with Crippen LogP contribution in [-0.2, 0) is 21.9 Å². The van der Waals surface area contributed by atoms with Crippen molar-refractivity contribution >= 4 is 27.0 Å². The van der Waals surface area contributed by atoms with Crippen LogP contribution >= 0.6 is 0 Å². The number of piperidine rings is 1. The maximum absolute atomic E-state index is 13.4. The number of rotatable bonds is 6. The number of benzene rings is 1. The van der Waals surface area contributed by atoms with Gasteiger partial charge in [-0.25, -0.2) is 13.2 Å². The van der Waals surface area contributed by atoms with Gasteiger partial charge in [0.05, 0.1) is 16.3 Å². The zero-order valence-electron chi connectivity index (χ0n) is 18.5. The molecule has 2 aromatic rings. The monoisotopic (exact) mass is 461 g/mol. The van der Waals surface area contributed by atoms with Crippen molar-refractivity contribution in [3.8, 4) is 0 Å². The number of hydrogen-bond acceptors (Lipinski definition) is 5. The largest absolute Gasteiger partial charge is 0.419 e. The van der Waals surface area contributed by atoms with E-state index in [0.29, 0.717) is 31.4 Å². The van der Waals surface area contributed by atoms with E-state index in [-0.39, 0.29) is 34.9 Å². The van der Waals surface area contributed by atoms with Crippen LogP contribution in [0.5, 0.6) is 0 Å². The van der Waals surface area contributed by atoms with Crippen molar-refractivity contribution in [2.24, 2.45) is 13.0 Å². The lowest BCUT2D eigenvalue weighted by Crippen LogP contribution is -2.50. The van der Waals surface area contributed by atoms with Gasteiger partial charge in [0, 0.05) is 38.8 Å². The number of carbonyl (C=O) groups is 1. The third kappa shape index (κ3) is 4.28. The van der Waals surface area contributed by atoms with Gasteiger partial charge >= 0.3 is 5.76 Å². The second-order valence-corrected chi connectivity index (χ2v) is 10.8. The van der Waals surface area contributed by atoms with Crippen molar-refractivity contribution in [3.63, 3.8) is 0 Å². The molecule has 8 nitrogen and oxygen atoms in total. The van der Waals surface area contributed by atoms with Crippen molar-refractivity contribution in [1.29, 1.82) is 0 Å². The number of aromatic nitrogens is 1. The zero-order valence-corrected chi connectivity index (χ0v) is 19.3. The van der Waals surface area contributed by atoms with Gasteiger partial charge in [-0.2, -0.15) is 4.31 Å². The number of carbonyl (C=O) groups excluding carboxylic acids is 1. The topological polar surface area (TPSA) is 92.8 Å². The Morgan fingerprint density at radius 2 is 1.97 bits per heavy atom. The Hall–Kier alpha value is -2.39. The van der Waals surface area contributed by atoms with Crippen LogP contribution in [0.2, 0.25) is 0 Å². The minimum atomic E-state index is -3.82. The average Bonchev–Trinajstić information content (AvgIpc) is 3.10. The number of nitrogens with zero attached hydrogens (tertiary/aromatic N) is 3. The lowest BCUT2D eigenvalue weighted by molar-refractivity contribution is -0.139. The predicted octanol–water partition coefficient (Wildman–Crippen LogP) is 2.88. The van der Waals surface area contributed by atoms with Gasteiger partial charge in [0.15, 0.2) is 5.58 Å². The standard InChI is InChI=1S/C23H31N3O5S/c1-3-13-26(18-9-5-4-6-10-18)22(27)17-8-7-14-25(16-17)32(29,30)19-11-12-20-21(15-19)31-23(28)24(20)2/h3,11-12,15,17-18H,1,4-10,13-14,16H2,2H3. The molecule has 2 heterocycles. The van der Waals surface area contributed by atoms with Gasteiger partial charge < -0.3 is 9.32 Å². The van der Waals surface area contributed by atoms with Crippen molar-refractivity contribution in [2.45, 2.75) is 55.9 Å². The van der Waals surface area contributed by atoms with Crippen LogP contribution in [-0.4, -0.2) is 53.8 Å². The Balaban J connectivity index is 1.55. The lowest BCUT2D eigenvalue weighted by atomic mass is 9.91. The predicted molar refractivity (Wildman–Crippen MR) is 122 cm³/mol. The quantitative estimate of drug-likeness (QED) is 0.617. The van der Waals surface area contributed by atoms with E-state index in [1.807, 2.05) is 4.90 Å². The summed E-state index contributed by atoms with van der Waals surface area (Å²) in [4.78, 5) is 27.2. The van der Waals surface area contributed by atoms with E-state index in [2.05, 4.69) is 6.58 Å². The normalized spacial score (nSPS) is 21.0. The van der Waals surface area contributed by atoms with E-state index in [1.165, 1.54) is 27.4 Å². The summed E-state index contributed by atoms with van der Waals surface area (Å²) in [5.41, 5.74) is 0.769. The van der Waals surface area contributed by atoms with Crippen LogP contribution < -0.4 is 5.76 Å². The maximum Gasteiger partial charge on any atom is 0.419 e. The molecule has 0 bridgehead atoms. The van der Waals surface area contributed by atoms with Gasteiger partial charge in [0.1, 0.15) is 0 Å². The molecule has 1 atom stereocenters. The summed E-state index contributed by atoms with van der Waals surface area (Å²) in [5.74, 6) is -0.872. The first-order chi connectivity index (χ1) is 15.3. The number of amides is 1. The summed E-state index contributed by atoms with van der Waals surface area (Å²) in [6.07, 6.45) is 8.50. The Morgan fingerprint density at radius 1 is 1.22 bits per heavy atom. The average molecular weight is 462 g/mol. The fourth-order valence-electron chi connectivity index (χ4n) is 4.97. The highest BCUT2D eigenvalue weighted by molar-refractivity contribution is 7.89. The Labute approximate surface area is 188 Å². The van der Waals surface area contributed by atoms with Crippen LogP contribution in [0, 0.1) is 5.92 Å². The molecule has 0 spiro atoms. The van der Waals surface area contributed by atoms with Crippen molar-refractivity contribution in [2.75, 3.05) is 19.6 Å². The molecule has 9 heteroatoms. The van der Waals surface area contributed by atoms with E-state index in [1.54, 1.807) is 19.2 Å². The number of aryl methyl sites for hydroxylation is 1. The fourth-order valence-corrected chi connectivity index (χ4v) is 6.51. The van der Waals surface area contributed by atoms with Crippen molar-refractivity contribution in [3.05, 3.63) is 41.4 Å². The summed E-state index contributed by atoms with van der Waals surface area (Å²) in [6.45, 7) is 4.85. The first kappa shape index (κ1) is 22.8. The van der Waals surface area contributed by atoms with E-state index >= 15 is 0 Å². The first-order valence-corrected chi connectivity index (χ1v) is 12.8. The summed E-state index contributed by atoms with van der Waals surface area (Å²) in [6, 6.07) is 4.67. The van der Waals surface area contributed by atoms with Gasteiger partial charge in [-0.15, -0.1) is 6.58 Å². The van der Waals surface area contributed by atoms with Crippen molar-refractivity contribution < 1.29 is 17.6 Å². The summed E-state index contributed by atoms with van der Waals surface area (Å²) in [7, 11) is -2.24. The molecule has 1 aliphatic carbocycles. The van der Waals surface area contributed by atoms with Gasteiger partial charge in [-0.3, -0.25) is 9.36 Å². The molecule has 1 aromatic carbocycles. The number of fused-ring (bicyclic) bond motifs is 1. The molecule has 1 saturated heterocycles. The SMILES string of the molecule is C=CCN(C(=O)C1CCCN(S(=O)(=O)c2ccc3c(c2)oc(=O)n3C)C1)C1CCCCC1. The van der Waals surface area contributed by atoms with Crippen molar-refractivity contribution in [1.82, 2.24) is 13.8 Å². The van der Waals surface area contributed by atoms with Gasteiger partial charge in [-0.05, 0) is 37.8 Å². The minimum absolute atomic E-state index is 0.0289. The van der Waals surface area contributed by atoms with Crippen LogP contribution in [0.4, 0.5) is 0 Å². The van der Waals surface area contributed by atoms with Crippen LogP contribution in [0.25, 0.3) is 11.1 Å². The van der Waals surface area contributed by atoms with E-state index in [4.69, 9.17) is 4.42 Å². The van der Waals surface area contributed by atoms with Crippen LogP contribution in [0.15, 0.2) is 45.0 Å². The fraction of sp³-hybridized carbons (Fsp3) is 0.565. The number of oxazole rings is 1. The molecular formula is C23H31N3O5S. The molecule has 4 rings (SSSR count). The van der Waals surface area contributed by atoms with Crippen LogP contribution in [0.3, 0.4) is 0 Å². The third-order valence-corrected chi connectivity index (χ3v) is 8.62. The molecule has 32 heavy (non-hydrogen) atoms. The van der Waals surface area contributed by atoms with Crippen LogP contribution in [0.1, 0.15) is 44.9 Å². The smallest absolute Gasteiger partial charge is 0.408 e. The molecule has 1 aromatic heterocycles. The third-order valence-electron chi connectivity index (χ3n) is 6.76. The highest BCUT2D eigenvalue weighted by atomic mass is 32.2. The molecule has 2 aliphatic rings. The highest BCUT2D eigenvalue weighted by Crippen LogP contribution is 2.29. The molecular weight excluding hydrogens is 430 g/mol. The molecule has 1 aliphatic heterocycles. The highest BCUT2D eigenvalue weighted by Gasteiger charge is 2.37. The maximum atomic E-state index is 13.4. The molecule has 174 valence electrons. The Kier molecular flexibility index (Phi) is 6.57. The molecule has 1 saturated carbocycles. The molecule has 2 fully saturated rings. The summed E-state index contributed by atoms with van der Waals surface area (Å²) >= 11 is 0. The van der Waals surface area contributed by atoms with E-state index < -0.39 is 15.8 Å². The summed E-state index contributed by atoms with van der Waals surface area (Å²) < 4.78 is 34.6. The second kappa shape index (κ2) is 9.23. The van der Waals surface area contributed by atoms with Gasteiger partial charge in [0.2, 0.25) is 15.9 Å². The second-order valence-electron chi connectivity index (χ2n) is 8.83. The molecule has 0 N–H and O–H groups in total. The Bertz CT molecular complexity index is 1160. The van der Waals surface area contributed by atoms with Gasteiger partial charge in [0.25, 0.3) is 0 Å². The molecule has 1 unspecified atom stereocenters. The van der Waals surface area contributed by atoms with E-state index in [9.17, 15) is 18.0 Å². The zero-order chi connectivity index (χ0) is 22.9. The van der Waals surface area contributed by atoms with E-state index in [0.717, 1.165) is 25.7 Å². The van der Waals surface area contributed by atoms with Gasteiger partial charge in [-0.1, -0.05) is 25.3 Å². The number of hydrogen-bond donors (Lipinski definition) is 0. The lowest BCUT2D eigenvalue weighted by Gasteiger charge is -2.38.